The van der Waals surface area contributed by atoms with E-state index in [-0.39, 0.29) is 11.8 Å². The van der Waals surface area contributed by atoms with E-state index in [0.29, 0.717) is 36.8 Å². The molecule has 2 amide bonds. The average molecular weight is 283 g/mol. The van der Waals surface area contributed by atoms with E-state index in [1.165, 1.54) is 0 Å². The first-order chi connectivity index (χ1) is 9.15. The third kappa shape index (κ3) is 4.13. The van der Waals surface area contributed by atoms with E-state index in [1.54, 1.807) is 24.3 Å². The summed E-state index contributed by atoms with van der Waals surface area (Å²) in [7, 11) is 0. The molecule has 1 saturated heterocycles. The first-order valence-electron chi connectivity index (χ1n) is 6.10. The number of carbonyl (C=O) groups is 2. The molecule has 1 aliphatic rings. The van der Waals surface area contributed by atoms with Gasteiger partial charge in [0.15, 0.2) is 0 Å². The number of nitrogens with one attached hydrogen (secondary N) is 2. The summed E-state index contributed by atoms with van der Waals surface area (Å²) in [6.07, 6.45) is 0.974. The molecular weight excluding hydrogens is 268 g/mol. The van der Waals surface area contributed by atoms with Crippen molar-refractivity contribution in [3.8, 4) is 5.75 Å². The first kappa shape index (κ1) is 13.7. The zero-order chi connectivity index (χ0) is 13.7. The molecule has 0 unspecified atom stereocenters. The molecule has 0 radical (unpaired) electrons. The lowest BCUT2D eigenvalue weighted by atomic mass is 10.2. The van der Waals surface area contributed by atoms with E-state index in [2.05, 4.69) is 10.6 Å². The van der Waals surface area contributed by atoms with Gasteiger partial charge in [-0.3, -0.25) is 9.59 Å². The van der Waals surface area contributed by atoms with Crippen LogP contribution in [0.1, 0.15) is 12.8 Å². The zero-order valence-electron chi connectivity index (χ0n) is 10.3. The second-order valence-corrected chi connectivity index (χ2v) is 4.69. The van der Waals surface area contributed by atoms with Crippen molar-refractivity contribution < 1.29 is 14.3 Å². The van der Waals surface area contributed by atoms with Crippen molar-refractivity contribution >= 4 is 23.4 Å². The summed E-state index contributed by atoms with van der Waals surface area (Å²) in [5.41, 5.74) is 0. The molecule has 1 aliphatic heterocycles. The Morgan fingerprint density at radius 3 is 2.79 bits per heavy atom. The van der Waals surface area contributed by atoms with Crippen molar-refractivity contribution in [2.45, 2.75) is 18.9 Å². The number of rotatable bonds is 5. The summed E-state index contributed by atoms with van der Waals surface area (Å²) >= 11 is 5.75. The second kappa shape index (κ2) is 6.43. The highest BCUT2D eigenvalue weighted by Gasteiger charge is 2.26. The molecule has 2 N–H and O–H groups in total. The van der Waals surface area contributed by atoms with Crippen LogP contribution in [-0.2, 0) is 9.59 Å². The molecule has 6 heteroatoms. The van der Waals surface area contributed by atoms with Crippen LogP contribution in [0, 0.1) is 0 Å². The molecule has 5 nitrogen and oxygen atoms in total. The van der Waals surface area contributed by atoms with Gasteiger partial charge in [0.1, 0.15) is 18.4 Å². The van der Waals surface area contributed by atoms with Crippen LogP contribution in [0.5, 0.6) is 5.75 Å². The molecule has 1 heterocycles. The SMILES string of the molecule is O=C1CC[C@@H](C(=O)NCCOc2ccc(Cl)cc2)N1. The van der Waals surface area contributed by atoms with E-state index in [9.17, 15) is 9.59 Å². The Hall–Kier alpha value is -1.75. The number of ether oxygens (including phenoxy) is 1. The topological polar surface area (TPSA) is 67.4 Å². The highest BCUT2D eigenvalue weighted by atomic mass is 35.5. The first-order valence-corrected chi connectivity index (χ1v) is 6.48. The molecule has 0 saturated carbocycles. The van der Waals surface area contributed by atoms with Gasteiger partial charge in [0.05, 0.1) is 6.54 Å². The predicted octanol–water partition coefficient (Wildman–Crippen LogP) is 1.11. The number of amides is 2. The Kier molecular flexibility index (Phi) is 4.63. The molecule has 1 aromatic carbocycles. The fourth-order valence-corrected chi connectivity index (χ4v) is 1.93. The summed E-state index contributed by atoms with van der Waals surface area (Å²) in [5, 5.41) is 5.98. The Morgan fingerprint density at radius 2 is 2.16 bits per heavy atom. The molecule has 19 heavy (non-hydrogen) atoms. The highest BCUT2D eigenvalue weighted by molar-refractivity contribution is 6.30. The van der Waals surface area contributed by atoms with Crippen molar-refractivity contribution in [1.29, 1.82) is 0 Å². The van der Waals surface area contributed by atoms with Gasteiger partial charge in [-0.2, -0.15) is 0 Å². The van der Waals surface area contributed by atoms with Gasteiger partial charge in [-0.05, 0) is 30.7 Å². The van der Waals surface area contributed by atoms with E-state index >= 15 is 0 Å². The summed E-state index contributed by atoms with van der Waals surface area (Å²) in [6, 6.07) is 6.61. The van der Waals surface area contributed by atoms with Crippen LogP contribution in [0.3, 0.4) is 0 Å². The lowest BCUT2D eigenvalue weighted by Crippen LogP contribution is -2.42. The molecule has 0 spiro atoms. The van der Waals surface area contributed by atoms with Crippen molar-refractivity contribution in [2.75, 3.05) is 13.2 Å². The van der Waals surface area contributed by atoms with Crippen LogP contribution in [-0.4, -0.2) is 31.0 Å². The molecule has 1 aromatic rings. The molecule has 2 rings (SSSR count). The van der Waals surface area contributed by atoms with Gasteiger partial charge in [-0.15, -0.1) is 0 Å². The van der Waals surface area contributed by atoms with Crippen molar-refractivity contribution in [3.05, 3.63) is 29.3 Å². The van der Waals surface area contributed by atoms with Crippen LogP contribution in [0.25, 0.3) is 0 Å². The summed E-state index contributed by atoms with van der Waals surface area (Å²) in [4.78, 5) is 22.6. The van der Waals surface area contributed by atoms with Gasteiger partial charge < -0.3 is 15.4 Å². The Balaban J connectivity index is 1.65. The maximum atomic E-state index is 11.6. The monoisotopic (exact) mass is 282 g/mol. The minimum Gasteiger partial charge on any atom is -0.492 e. The molecule has 0 aliphatic carbocycles. The molecule has 102 valence electrons. The van der Waals surface area contributed by atoms with Crippen LogP contribution in [0.2, 0.25) is 5.02 Å². The number of benzene rings is 1. The molecule has 1 fully saturated rings. The molecule has 0 aromatic heterocycles. The van der Waals surface area contributed by atoms with Gasteiger partial charge in [-0.1, -0.05) is 11.6 Å². The summed E-state index contributed by atoms with van der Waals surface area (Å²) in [6.45, 7) is 0.766. The quantitative estimate of drug-likeness (QED) is 0.795. The summed E-state index contributed by atoms with van der Waals surface area (Å²) in [5.74, 6) is 0.468. The smallest absolute Gasteiger partial charge is 0.242 e. The van der Waals surface area contributed by atoms with Crippen molar-refractivity contribution in [1.82, 2.24) is 10.6 Å². The van der Waals surface area contributed by atoms with E-state index in [1.807, 2.05) is 0 Å². The second-order valence-electron chi connectivity index (χ2n) is 4.25. The fourth-order valence-electron chi connectivity index (χ4n) is 1.81. The lowest BCUT2D eigenvalue weighted by molar-refractivity contribution is -0.125. The Morgan fingerprint density at radius 1 is 1.42 bits per heavy atom. The van der Waals surface area contributed by atoms with E-state index < -0.39 is 6.04 Å². The Bertz CT molecular complexity index is 461. The van der Waals surface area contributed by atoms with E-state index in [0.717, 1.165) is 0 Å². The van der Waals surface area contributed by atoms with Gasteiger partial charge in [0.2, 0.25) is 11.8 Å². The minimum atomic E-state index is -0.400. The molecule has 1 atom stereocenters. The maximum Gasteiger partial charge on any atom is 0.242 e. The number of hydrogen-bond donors (Lipinski definition) is 2. The lowest BCUT2D eigenvalue weighted by Gasteiger charge is -2.11. The minimum absolute atomic E-state index is 0.0717. The van der Waals surface area contributed by atoms with Gasteiger partial charge >= 0.3 is 0 Å². The van der Waals surface area contributed by atoms with Crippen LogP contribution < -0.4 is 15.4 Å². The van der Waals surface area contributed by atoms with Crippen molar-refractivity contribution in [3.63, 3.8) is 0 Å². The van der Waals surface area contributed by atoms with Crippen molar-refractivity contribution in [2.24, 2.45) is 0 Å². The third-order valence-electron chi connectivity index (χ3n) is 2.80. The molecule has 0 bridgehead atoms. The van der Waals surface area contributed by atoms with Gasteiger partial charge in [0.25, 0.3) is 0 Å². The van der Waals surface area contributed by atoms with Crippen LogP contribution in [0.15, 0.2) is 24.3 Å². The summed E-state index contributed by atoms with van der Waals surface area (Å²) < 4.78 is 5.43. The van der Waals surface area contributed by atoms with Gasteiger partial charge in [0, 0.05) is 11.4 Å². The molecular formula is C13H15ClN2O3. The maximum absolute atomic E-state index is 11.6. The Labute approximate surface area is 116 Å². The average Bonchev–Trinajstić information content (AvgIpc) is 2.83. The normalized spacial score (nSPS) is 17.9. The van der Waals surface area contributed by atoms with Crippen LogP contribution in [0.4, 0.5) is 0 Å². The standard InChI is InChI=1S/C13H15ClN2O3/c14-9-1-3-10(4-2-9)19-8-7-15-13(18)11-5-6-12(17)16-11/h1-4,11H,5-8H2,(H,15,18)(H,16,17)/t11-/m0/s1. The zero-order valence-corrected chi connectivity index (χ0v) is 11.1. The fraction of sp³-hybridized carbons (Fsp3) is 0.385. The number of halogens is 1. The third-order valence-corrected chi connectivity index (χ3v) is 3.05. The largest absolute Gasteiger partial charge is 0.492 e. The highest BCUT2D eigenvalue weighted by Crippen LogP contribution is 2.15. The predicted molar refractivity (Wildman–Crippen MR) is 71.1 cm³/mol. The van der Waals surface area contributed by atoms with E-state index in [4.69, 9.17) is 16.3 Å². The number of hydrogen-bond acceptors (Lipinski definition) is 3. The van der Waals surface area contributed by atoms with Crippen LogP contribution >= 0.6 is 11.6 Å². The number of carbonyl (C=O) groups excluding carboxylic acids is 2. The van der Waals surface area contributed by atoms with Gasteiger partial charge in [-0.25, -0.2) is 0 Å².